The average Bonchev–Trinajstić information content (AvgIpc) is 3.03. The zero-order valence-electron chi connectivity index (χ0n) is 16.4. The summed E-state index contributed by atoms with van der Waals surface area (Å²) in [6, 6.07) is 12.0. The van der Waals surface area contributed by atoms with Gasteiger partial charge in [-0.25, -0.2) is 8.78 Å². The summed E-state index contributed by atoms with van der Waals surface area (Å²) in [6.45, 7) is 4.27. The van der Waals surface area contributed by atoms with Gasteiger partial charge in [-0.2, -0.15) is 0 Å². The molecule has 1 unspecified atom stereocenters. The van der Waals surface area contributed by atoms with Gasteiger partial charge in [0.15, 0.2) is 11.6 Å². The highest BCUT2D eigenvalue weighted by Gasteiger charge is 2.35. The third-order valence-electron chi connectivity index (χ3n) is 5.93. The second-order valence-electron chi connectivity index (χ2n) is 8.83. The molecule has 5 heteroatoms. The second-order valence-corrected chi connectivity index (χ2v) is 8.83. The van der Waals surface area contributed by atoms with Crippen LogP contribution in [0.15, 0.2) is 42.5 Å². The minimum Gasteiger partial charge on any atom is -0.388 e. The third-order valence-corrected chi connectivity index (χ3v) is 5.93. The highest BCUT2D eigenvalue weighted by atomic mass is 19.2. The lowest BCUT2D eigenvalue weighted by Gasteiger charge is -2.34. The van der Waals surface area contributed by atoms with Crippen molar-refractivity contribution in [2.24, 2.45) is 5.41 Å². The van der Waals surface area contributed by atoms with Gasteiger partial charge in [0, 0.05) is 34.0 Å². The number of aliphatic hydroxyl groups is 1. The first kappa shape index (κ1) is 18.3. The SMILES string of the molecule is CC1(C)Cc2nc(Cc3ccc(F)c(F)c3)c3[nH]c4ccccc4c3c2C(O)C1. The Labute approximate surface area is 167 Å². The number of nitrogens with one attached hydrogen (secondary N) is 1. The third kappa shape index (κ3) is 3.01. The lowest BCUT2D eigenvalue weighted by Crippen LogP contribution is -2.27. The van der Waals surface area contributed by atoms with Gasteiger partial charge in [-0.3, -0.25) is 4.98 Å². The van der Waals surface area contributed by atoms with Gasteiger partial charge in [-0.15, -0.1) is 0 Å². The van der Waals surface area contributed by atoms with E-state index in [1.54, 1.807) is 6.07 Å². The van der Waals surface area contributed by atoms with Gasteiger partial charge < -0.3 is 10.1 Å². The van der Waals surface area contributed by atoms with Crippen molar-refractivity contribution < 1.29 is 13.9 Å². The Hall–Kier alpha value is -2.79. The minimum absolute atomic E-state index is 0.0571. The Morgan fingerprint density at radius 1 is 1.14 bits per heavy atom. The summed E-state index contributed by atoms with van der Waals surface area (Å²) in [5.74, 6) is -1.71. The van der Waals surface area contributed by atoms with Crippen molar-refractivity contribution in [3.05, 3.63) is 76.6 Å². The second kappa shape index (κ2) is 6.36. The van der Waals surface area contributed by atoms with Crippen LogP contribution in [0, 0.1) is 17.0 Å². The van der Waals surface area contributed by atoms with E-state index in [-0.39, 0.29) is 5.41 Å². The number of rotatable bonds is 2. The lowest BCUT2D eigenvalue weighted by molar-refractivity contribution is 0.0997. The summed E-state index contributed by atoms with van der Waals surface area (Å²) in [6.07, 6.45) is 1.24. The topological polar surface area (TPSA) is 48.9 Å². The molecule has 0 aliphatic heterocycles. The zero-order chi connectivity index (χ0) is 20.3. The molecule has 5 rings (SSSR count). The number of halogens is 2. The summed E-state index contributed by atoms with van der Waals surface area (Å²) in [5, 5.41) is 13.0. The molecule has 2 aromatic carbocycles. The van der Waals surface area contributed by atoms with Crippen LogP contribution >= 0.6 is 0 Å². The number of aromatic nitrogens is 2. The molecular formula is C24H22F2N2O. The summed E-state index contributed by atoms with van der Waals surface area (Å²) in [5.41, 5.74) is 5.00. The molecule has 3 nitrogen and oxygen atoms in total. The van der Waals surface area contributed by atoms with E-state index in [0.717, 1.165) is 51.2 Å². The van der Waals surface area contributed by atoms with Crippen LogP contribution in [0.4, 0.5) is 8.78 Å². The molecule has 0 saturated heterocycles. The van der Waals surface area contributed by atoms with Crippen molar-refractivity contribution in [3.63, 3.8) is 0 Å². The molecule has 0 radical (unpaired) electrons. The number of fused-ring (bicyclic) bond motifs is 5. The Kier molecular flexibility index (Phi) is 4.00. The Bertz CT molecular complexity index is 1260. The van der Waals surface area contributed by atoms with Gasteiger partial charge in [0.25, 0.3) is 0 Å². The molecule has 1 aliphatic carbocycles. The van der Waals surface area contributed by atoms with Crippen LogP contribution in [0.1, 0.15) is 48.9 Å². The van der Waals surface area contributed by atoms with Crippen molar-refractivity contribution in [2.75, 3.05) is 0 Å². The maximum absolute atomic E-state index is 13.8. The number of hydrogen-bond donors (Lipinski definition) is 2. The molecule has 148 valence electrons. The van der Waals surface area contributed by atoms with Crippen LogP contribution in [0.3, 0.4) is 0 Å². The monoisotopic (exact) mass is 392 g/mol. The van der Waals surface area contributed by atoms with E-state index < -0.39 is 17.7 Å². The van der Waals surface area contributed by atoms with Crippen LogP contribution < -0.4 is 0 Å². The van der Waals surface area contributed by atoms with E-state index in [1.165, 1.54) is 6.07 Å². The quantitative estimate of drug-likeness (QED) is 0.467. The molecule has 0 saturated carbocycles. The lowest BCUT2D eigenvalue weighted by atomic mass is 9.74. The number of H-pyrrole nitrogens is 1. The summed E-state index contributed by atoms with van der Waals surface area (Å²) >= 11 is 0. The van der Waals surface area contributed by atoms with E-state index in [4.69, 9.17) is 4.98 Å². The number of aliphatic hydroxyl groups excluding tert-OH is 1. The first-order chi connectivity index (χ1) is 13.8. The fourth-order valence-corrected chi connectivity index (χ4v) is 4.68. The standard InChI is InChI=1S/C24H22F2N2O/c1-24(2)11-19-22(20(29)12-24)21-14-5-3-4-6-17(14)28-23(21)18(27-19)10-13-7-8-15(25)16(26)9-13/h3-9,20,28-29H,10-12H2,1-2H3. The van der Waals surface area contributed by atoms with Crippen LogP contribution in [0.5, 0.6) is 0 Å². The van der Waals surface area contributed by atoms with Crippen LogP contribution in [-0.2, 0) is 12.8 Å². The first-order valence-corrected chi connectivity index (χ1v) is 9.86. The van der Waals surface area contributed by atoms with Crippen molar-refractivity contribution in [2.45, 2.75) is 39.2 Å². The Morgan fingerprint density at radius 2 is 1.93 bits per heavy atom. The number of para-hydroxylation sites is 1. The molecule has 0 bridgehead atoms. The Morgan fingerprint density at radius 3 is 2.72 bits per heavy atom. The summed E-state index contributed by atoms with van der Waals surface area (Å²) in [7, 11) is 0. The molecule has 1 atom stereocenters. The number of pyridine rings is 1. The van der Waals surface area contributed by atoms with E-state index in [0.29, 0.717) is 18.4 Å². The first-order valence-electron chi connectivity index (χ1n) is 9.86. The highest BCUT2D eigenvalue weighted by Crippen LogP contribution is 2.45. The van der Waals surface area contributed by atoms with E-state index in [2.05, 4.69) is 18.8 Å². The number of nitrogens with zero attached hydrogens (tertiary/aromatic N) is 1. The Balaban J connectivity index is 1.78. The van der Waals surface area contributed by atoms with Crippen LogP contribution in [0.25, 0.3) is 21.8 Å². The fraction of sp³-hybridized carbons (Fsp3) is 0.292. The molecule has 4 aromatic rings. The molecular weight excluding hydrogens is 370 g/mol. The van der Waals surface area contributed by atoms with Crippen molar-refractivity contribution in [3.8, 4) is 0 Å². The minimum atomic E-state index is -0.857. The largest absolute Gasteiger partial charge is 0.388 e. The van der Waals surface area contributed by atoms with Crippen LogP contribution in [0.2, 0.25) is 0 Å². The van der Waals surface area contributed by atoms with E-state index in [1.807, 2.05) is 24.3 Å². The van der Waals surface area contributed by atoms with E-state index in [9.17, 15) is 13.9 Å². The van der Waals surface area contributed by atoms with Crippen molar-refractivity contribution >= 4 is 21.8 Å². The molecule has 2 heterocycles. The highest BCUT2D eigenvalue weighted by molar-refractivity contribution is 6.10. The maximum atomic E-state index is 13.8. The summed E-state index contributed by atoms with van der Waals surface area (Å²) in [4.78, 5) is 8.37. The predicted octanol–water partition coefficient (Wildman–Crippen LogP) is 5.59. The van der Waals surface area contributed by atoms with E-state index >= 15 is 0 Å². The number of benzene rings is 2. The molecule has 0 spiro atoms. The molecule has 29 heavy (non-hydrogen) atoms. The maximum Gasteiger partial charge on any atom is 0.159 e. The average molecular weight is 392 g/mol. The smallest absolute Gasteiger partial charge is 0.159 e. The molecule has 2 N–H and O–H groups in total. The van der Waals surface area contributed by atoms with Crippen LogP contribution in [-0.4, -0.2) is 15.1 Å². The number of aromatic amines is 1. The molecule has 0 fully saturated rings. The van der Waals surface area contributed by atoms with Gasteiger partial charge in [0.1, 0.15) is 0 Å². The molecule has 2 aromatic heterocycles. The fourth-order valence-electron chi connectivity index (χ4n) is 4.68. The van der Waals surface area contributed by atoms with Gasteiger partial charge in [-0.1, -0.05) is 38.1 Å². The number of hydrogen-bond acceptors (Lipinski definition) is 2. The zero-order valence-corrected chi connectivity index (χ0v) is 16.4. The van der Waals surface area contributed by atoms with Crippen molar-refractivity contribution in [1.29, 1.82) is 0 Å². The summed E-state index contributed by atoms with van der Waals surface area (Å²) < 4.78 is 27.1. The normalized spacial score (nSPS) is 18.3. The molecule has 0 amide bonds. The van der Waals surface area contributed by atoms with Gasteiger partial charge >= 0.3 is 0 Å². The van der Waals surface area contributed by atoms with Crippen molar-refractivity contribution in [1.82, 2.24) is 9.97 Å². The molecule has 1 aliphatic rings. The predicted molar refractivity (Wildman–Crippen MR) is 110 cm³/mol. The van der Waals surface area contributed by atoms with Gasteiger partial charge in [-0.05, 0) is 42.0 Å². The van der Waals surface area contributed by atoms with Gasteiger partial charge in [0.05, 0.1) is 17.3 Å². The van der Waals surface area contributed by atoms with Gasteiger partial charge in [0.2, 0.25) is 0 Å².